The number of aromatic nitrogens is 1. The van der Waals surface area contributed by atoms with Gasteiger partial charge in [-0.3, -0.25) is 4.98 Å². The SMILES string of the molecule is CCOC(=O)c1cnc2cc(OC)c(Cl)cc2c1N. The fourth-order valence-electron chi connectivity index (χ4n) is 1.74. The Bertz CT molecular complexity index is 643. The first-order valence-corrected chi connectivity index (χ1v) is 6.05. The molecule has 5 nitrogen and oxygen atoms in total. The number of carbonyl (C=O) groups is 1. The Morgan fingerprint density at radius 1 is 1.47 bits per heavy atom. The second kappa shape index (κ2) is 5.32. The molecule has 1 heterocycles. The molecule has 0 aliphatic heterocycles. The number of anilines is 1. The third kappa shape index (κ3) is 2.42. The van der Waals surface area contributed by atoms with Crippen LogP contribution in [0.1, 0.15) is 17.3 Å². The van der Waals surface area contributed by atoms with E-state index in [1.807, 2.05) is 0 Å². The molecule has 0 bridgehead atoms. The van der Waals surface area contributed by atoms with Crippen molar-refractivity contribution in [3.05, 3.63) is 28.9 Å². The summed E-state index contributed by atoms with van der Waals surface area (Å²) in [6.07, 6.45) is 1.39. The molecule has 1 aromatic heterocycles. The molecule has 0 amide bonds. The first-order valence-electron chi connectivity index (χ1n) is 5.67. The second-order valence-electron chi connectivity index (χ2n) is 3.81. The smallest absolute Gasteiger partial charge is 0.341 e. The van der Waals surface area contributed by atoms with Crippen molar-refractivity contribution in [3.8, 4) is 5.75 Å². The number of ether oxygens (including phenoxy) is 2. The van der Waals surface area contributed by atoms with E-state index in [1.54, 1.807) is 19.1 Å². The number of benzene rings is 1. The van der Waals surface area contributed by atoms with Crippen molar-refractivity contribution in [2.45, 2.75) is 6.92 Å². The molecule has 1 aromatic carbocycles. The number of methoxy groups -OCH3 is 1. The van der Waals surface area contributed by atoms with E-state index in [1.165, 1.54) is 13.3 Å². The minimum atomic E-state index is -0.499. The van der Waals surface area contributed by atoms with Gasteiger partial charge in [0.2, 0.25) is 0 Å². The van der Waals surface area contributed by atoms with Gasteiger partial charge in [-0.15, -0.1) is 0 Å². The van der Waals surface area contributed by atoms with Gasteiger partial charge in [0.1, 0.15) is 11.3 Å². The number of hydrogen-bond acceptors (Lipinski definition) is 5. The third-order valence-electron chi connectivity index (χ3n) is 2.68. The monoisotopic (exact) mass is 280 g/mol. The van der Waals surface area contributed by atoms with Crippen LogP contribution in [0.15, 0.2) is 18.3 Å². The van der Waals surface area contributed by atoms with Gasteiger partial charge in [0.05, 0.1) is 29.9 Å². The molecule has 0 atom stereocenters. The van der Waals surface area contributed by atoms with Gasteiger partial charge >= 0.3 is 5.97 Å². The van der Waals surface area contributed by atoms with E-state index in [-0.39, 0.29) is 12.2 Å². The molecule has 0 saturated carbocycles. The Kier molecular flexibility index (Phi) is 3.76. The van der Waals surface area contributed by atoms with Crippen molar-refractivity contribution < 1.29 is 14.3 Å². The zero-order valence-electron chi connectivity index (χ0n) is 10.6. The van der Waals surface area contributed by atoms with Gasteiger partial charge < -0.3 is 15.2 Å². The topological polar surface area (TPSA) is 74.4 Å². The molecule has 0 aliphatic rings. The summed E-state index contributed by atoms with van der Waals surface area (Å²) in [5, 5.41) is 1.00. The van der Waals surface area contributed by atoms with E-state index < -0.39 is 5.97 Å². The number of halogens is 1. The van der Waals surface area contributed by atoms with E-state index in [9.17, 15) is 4.79 Å². The summed E-state index contributed by atoms with van der Waals surface area (Å²) in [6.45, 7) is 2.00. The van der Waals surface area contributed by atoms with Gasteiger partial charge in [-0.05, 0) is 13.0 Å². The van der Waals surface area contributed by atoms with Crippen molar-refractivity contribution in [1.29, 1.82) is 0 Å². The van der Waals surface area contributed by atoms with Gasteiger partial charge in [0.15, 0.2) is 0 Å². The highest BCUT2D eigenvalue weighted by Crippen LogP contribution is 2.32. The van der Waals surface area contributed by atoms with Crippen molar-refractivity contribution in [1.82, 2.24) is 4.98 Å². The molecule has 2 aromatic rings. The summed E-state index contributed by atoms with van der Waals surface area (Å²) in [4.78, 5) is 15.9. The van der Waals surface area contributed by atoms with E-state index >= 15 is 0 Å². The Morgan fingerprint density at radius 2 is 2.21 bits per heavy atom. The number of rotatable bonds is 3. The molecule has 0 saturated heterocycles. The minimum Gasteiger partial charge on any atom is -0.495 e. The number of nitrogens with zero attached hydrogens (tertiary/aromatic N) is 1. The highest BCUT2D eigenvalue weighted by atomic mass is 35.5. The zero-order valence-corrected chi connectivity index (χ0v) is 11.3. The predicted molar refractivity (Wildman–Crippen MR) is 73.7 cm³/mol. The zero-order chi connectivity index (χ0) is 14.0. The fourth-order valence-corrected chi connectivity index (χ4v) is 1.98. The Balaban J connectivity index is 2.61. The van der Waals surface area contributed by atoms with Crippen molar-refractivity contribution >= 4 is 34.2 Å². The van der Waals surface area contributed by atoms with Crippen LogP contribution < -0.4 is 10.5 Å². The van der Waals surface area contributed by atoms with E-state index in [0.717, 1.165) is 0 Å². The maximum atomic E-state index is 11.7. The van der Waals surface area contributed by atoms with Crippen LogP contribution in [0.5, 0.6) is 5.75 Å². The Morgan fingerprint density at radius 3 is 2.84 bits per heavy atom. The van der Waals surface area contributed by atoms with E-state index in [4.69, 9.17) is 26.8 Å². The maximum absolute atomic E-state index is 11.7. The first kappa shape index (κ1) is 13.4. The number of pyridine rings is 1. The van der Waals surface area contributed by atoms with Gasteiger partial charge in [0, 0.05) is 17.6 Å². The van der Waals surface area contributed by atoms with Crippen LogP contribution in [0.3, 0.4) is 0 Å². The predicted octanol–water partition coefficient (Wildman–Crippen LogP) is 2.66. The summed E-state index contributed by atoms with van der Waals surface area (Å²) in [5.41, 5.74) is 7.10. The van der Waals surface area contributed by atoms with Gasteiger partial charge in [0.25, 0.3) is 0 Å². The van der Waals surface area contributed by atoms with Gasteiger partial charge in [-0.2, -0.15) is 0 Å². The van der Waals surface area contributed by atoms with Crippen LogP contribution in [0.4, 0.5) is 5.69 Å². The summed E-state index contributed by atoms with van der Waals surface area (Å²) < 4.78 is 10.0. The Hall–Kier alpha value is -2.01. The van der Waals surface area contributed by atoms with E-state index in [2.05, 4.69) is 4.98 Å². The summed E-state index contributed by atoms with van der Waals surface area (Å²) in [6, 6.07) is 3.30. The van der Waals surface area contributed by atoms with Crippen LogP contribution in [0.25, 0.3) is 10.9 Å². The lowest BCUT2D eigenvalue weighted by Gasteiger charge is -2.10. The first-order chi connectivity index (χ1) is 9.08. The second-order valence-corrected chi connectivity index (χ2v) is 4.22. The lowest BCUT2D eigenvalue weighted by atomic mass is 10.1. The van der Waals surface area contributed by atoms with Crippen LogP contribution in [0, 0.1) is 0 Å². The molecule has 0 spiro atoms. The van der Waals surface area contributed by atoms with Crippen molar-refractivity contribution in [2.24, 2.45) is 0 Å². The standard InChI is InChI=1S/C13H13ClN2O3/c1-3-19-13(17)8-6-16-10-5-11(18-2)9(14)4-7(10)12(8)15/h4-6H,3H2,1-2H3,(H2,15,16). The molecule has 2 N–H and O–H groups in total. The number of nitrogens with two attached hydrogens (primary N) is 1. The number of hydrogen-bond donors (Lipinski definition) is 1. The summed E-state index contributed by atoms with van der Waals surface area (Å²) in [5.74, 6) is 0.00583. The maximum Gasteiger partial charge on any atom is 0.341 e. The lowest BCUT2D eigenvalue weighted by molar-refractivity contribution is 0.0527. The fraction of sp³-hybridized carbons (Fsp3) is 0.231. The van der Waals surface area contributed by atoms with Crippen LogP contribution in [-0.4, -0.2) is 24.7 Å². The number of fused-ring (bicyclic) bond motifs is 1. The quantitative estimate of drug-likeness (QED) is 0.875. The molecule has 0 unspecified atom stereocenters. The minimum absolute atomic E-state index is 0.232. The molecular formula is C13H13ClN2O3. The average Bonchev–Trinajstić information content (AvgIpc) is 2.39. The highest BCUT2D eigenvalue weighted by molar-refractivity contribution is 6.33. The summed E-state index contributed by atoms with van der Waals surface area (Å²) >= 11 is 6.04. The van der Waals surface area contributed by atoms with Crippen LogP contribution >= 0.6 is 11.6 Å². The van der Waals surface area contributed by atoms with Crippen molar-refractivity contribution in [3.63, 3.8) is 0 Å². The van der Waals surface area contributed by atoms with Crippen LogP contribution in [0.2, 0.25) is 5.02 Å². The van der Waals surface area contributed by atoms with Crippen LogP contribution in [-0.2, 0) is 4.74 Å². The third-order valence-corrected chi connectivity index (χ3v) is 2.97. The molecule has 100 valence electrons. The molecule has 0 radical (unpaired) electrons. The lowest BCUT2D eigenvalue weighted by Crippen LogP contribution is -2.09. The number of esters is 1. The van der Waals surface area contributed by atoms with Gasteiger partial charge in [-0.25, -0.2) is 4.79 Å². The number of nitrogen functional groups attached to an aromatic ring is 1. The van der Waals surface area contributed by atoms with Gasteiger partial charge in [-0.1, -0.05) is 11.6 Å². The molecular weight excluding hydrogens is 268 g/mol. The highest BCUT2D eigenvalue weighted by Gasteiger charge is 2.15. The molecule has 6 heteroatoms. The molecule has 19 heavy (non-hydrogen) atoms. The number of carbonyl (C=O) groups excluding carboxylic acids is 1. The van der Waals surface area contributed by atoms with Crippen molar-refractivity contribution in [2.75, 3.05) is 19.5 Å². The van der Waals surface area contributed by atoms with E-state index in [0.29, 0.717) is 27.4 Å². The summed E-state index contributed by atoms with van der Waals surface area (Å²) in [7, 11) is 1.52. The largest absolute Gasteiger partial charge is 0.495 e. The molecule has 0 aliphatic carbocycles. The average molecular weight is 281 g/mol. The normalized spacial score (nSPS) is 10.5. The Labute approximate surface area is 115 Å². The molecule has 2 rings (SSSR count). The molecule has 0 fully saturated rings.